The molecule has 1 saturated carbocycles. The van der Waals surface area contributed by atoms with Crippen LogP contribution in [0.3, 0.4) is 0 Å². The van der Waals surface area contributed by atoms with Crippen molar-refractivity contribution in [3.8, 4) is 0 Å². The summed E-state index contributed by atoms with van der Waals surface area (Å²) in [5.74, 6) is 0.676. The Morgan fingerprint density at radius 3 is 2.31 bits per heavy atom. The first-order valence-corrected chi connectivity index (χ1v) is 4.92. The molecular weight excluding hydrogens is 158 g/mol. The lowest BCUT2D eigenvalue weighted by Gasteiger charge is -2.13. The molecule has 1 aromatic rings. The van der Waals surface area contributed by atoms with Crippen molar-refractivity contribution < 1.29 is 0 Å². The van der Waals surface area contributed by atoms with Gasteiger partial charge in [-0.25, -0.2) is 0 Å². The van der Waals surface area contributed by atoms with Gasteiger partial charge in [0, 0.05) is 6.04 Å². The molecule has 1 aliphatic rings. The summed E-state index contributed by atoms with van der Waals surface area (Å²) < 4.78 is 0. The summed E-state index contributed by atoms with van der Waals surface area (Å²) in [6.45, 7) is 4.58. The lowest BCUT2D eigenvalue weighted by Crippen LogP contribution is -2.15. The number of hydrogen-bond acceptors (Lipinski definition) is 1. The van der Waals surface area contributed by atoms with E-state index in [1.165, 1.54) is 12.0 Å². The third kappa shape index (κ3) is 1.61. The van der Waals surface area contributed by atoms with Crippen molar-refractivity contribution in [3.63, 3.8) is 0 Å². The fraction of sp³-hybridized carbons (Fsp3) is 0.500. The van der Waals surface area contributed by atoms with Crippen LogP contribution in [-0.4, -0.2) is 0 Å². The predicted molar refractivity (Wildman–Crippen MR) is 55.3 cm³/mol. The average Bonchev–Trinajstić information content (AvgIpc) is 2.76. The molecule has 1 aliphatic carbocycles. The van der Waals surface area contributed by atoms with Crippen LogP contribution in [0.2, 0.25) is 0 Å². The molecule has 0 spiro atoms. The quantitative estimate of drug-likeness (QED) is 0.734. The van der Waals surface area contributed by atoms with Crippen LogP contribution in [0, 0.1) is 11.3 Å². The van der Waals surface area contributed by atoms with Crippen LogP contribution in [0.4, 0.5) is 0 Å². The van der Waals surface area contributed by atoms with Crippen LogP contribution in [0.15, 0.2) is 30.3 Å². The maximum absolute atomic E-state index is 6.18. The summed E-state index contributed by atoms with van der Waals surface area (Å²) in [6, 6.07) is 10.6. The maximum Gasteiger partial charge on any atom is 0.0328 e. The van der Waals surface area contributed by atoms with Gasteiger partial charge in [-0.3, -0.25) is 0 Å². The first kappa shape index (κ1) is 8.76. The van der Waals surface area contributed by atoms with E-state index in [9.17, 15) is 0 Å². The molecule has 0 bridgehead atoms. The lowest BCUT2D eigenvalue weighted by atomic mass is 9.98. The van der Waals surface area contributed by atoms with E-state index < -0.39 is 0 Å². The minimum atomic E-state index is 0.233. The van der Waals surface area contributed by atoms with Gasteiger partial charge in [-0.1, -0.05) is 44.2 Å². The fourth-order valence-electron chi connectivity index (χ4n) is 2.03. The van der Waals surface area contributed by atoms with Gasteiger partial charge in [-0.15, -0.1) is 0 Å². The summed E-state index contributed by atoms with van der Waals surface area (Å²) in [5, 5.41) is 0. The van der Waals surface area contributed by atoms with Crippen molar-refractivity contribution in [1.82, 2.24) is 0 Å². The second kappa shape index (κ2) is 2.85. The number of hydrogen-bond donors (Lipinski definition) is 1. The summed E-state index contributed by atoms with van der Waals surface area (Å²) in [4.78, 5) is 0. The van der Waals surface area contributed by atoms with Crippen LogP contribution in [0.1, 0.15) is 31.9 Å². The zero-order valence-electron chi connectivity index (χ0n) is 8.33. The molecule has 2 unspecified atom stereocenters. The van der Waals surface area contributed by atoms with Crippen molar-refractivity contribution in [1.29, 1.82) is 0 Å². The molecule has 2 atom stereocenters. The molecule has 1 heteroatoms. The molecule has 0 amide bonds. The van der Waals surface area contributed by atoms with E-state index >= 15 is 0 Å². The third-order valence-corrected chi connectivity index (χ3v) is 3.21. The largest absolute Gasteiger partial charge is 0.324 e. The van der Waals surface area contributed by atoms with E-state index in [4.69, 9.17) is 5.73 Å². The normalized spacial score (nSPS) is 26.8. The van der Waals surface area contributed by atoms with Crippen LogP contribution in [0.25, 0.3) is 0 Å². The van der Waals surface area contributed by atoms with Gasteiger partial charge in [-0.2, -0.15) is 0 Å². The van der Waals surface area contributed by atoms with Gasteiger partial charge < -0.3 is 5.73 Å². The zero-order chi connectivity index (χ0) is 9.47. The minimum absolute atomic E-state index is 0.233. The Bertz CT molecular complexity index is 289. The smallest absolute Gasteiger partial charge is 0.0328 e. The van der Waals surface area contributed by atoms with E-state index in [2.05, 4.69) is 38.1 Å². The van der Waals surface area contributed by atoms with E-state index in [0.717, 1.165) is 0 Å². The molecule has 0 aromatic heterocycles. The molecule has 2 rings (SSSR count). The summed E-state index contributed by atoms with van der Waals surface area (Å²) in [7, 11) is 0. The lowest BCUT2D eigenvalue weighted by molar-refractivity contribution is 0.491. The zero-order valence-corrected chi connectivity index (χ0v) is 8.33. The summed E-state index contributed by atoms with van der Waals surface area (Å²) in [6.07, 6.45) is 1.27. The first-order valence-electron chi connectivity index (χ1n) is 4.92. The number of nitrogens with two attached hydrogens (primary N) is 1. The van der Waals surface area contributed by atoms with Crippen molar-refractivity contribution in [2.75, 3.05) is 0 Å². The average molecular weight is 175 g/mol. The molecule has 1 fully saturated rings. The standard InChI is InChI=1S/C12H17N/c1-12(2)8-10(12)11(13)9-6-4-3-5-7-9/h3-7,10-11H,8,13H2,1-2H3. The number of rotatable bonds is 2. The topological polar surface area (TPSA) is 26.0 Å². The van der Waals surface area contributed by atoms with Crippen molar-refractivity contribution in [2.24, 2.45) is 17.1 Å². The van der Waals surface area contributed by atoms with E-state index in [1.807, 2.05) is 6.07 Å². The van der Waals surface area contributed by atoms with Gasteiger partial charge in [0.05, 0.1) is 0 Å². The Morgan fingerprint density at radius 1 is 1.31 bits per heavy atom. The van der Waals surface area contributed by atoms with Crippen LogP contribution >= 0.6 is 0 Å². The highest BCUT2D eigenvalue weighted by Gasteiger charge is 2.49. The van der Waals surface area contributed by atoms with Crippen molar-refractivity contribution in [2.45, 2.75) is 26.3 Å². The highest BCUT2D eigenvalue weighted by molar-refractivity contribution is 5.22. The van der Waals surface area contributed by atoms with E-state index in [0.29, 0.717) is 11.3 Å². The molecule has 70 valence electrons. The van der Waals surface area contributed by atoms with Crippen molar-refractivity contribution in [3.05, 3.63) is 35.9 Å². The Morgan fingerprint density at radius 2 is 1.85 bits per heavy atom. The van der Waals surface area contributed by atoms with E-state index in [-0.39, 0.29) is 6.04 Å². The van der Waals surface area contributed by atoms with Crippen LogP contribution in [-0.2, 0) is 0 Å². The second-order valence-corrected chi connectivity index (χ2v) is 4.74. The van der Waals surface area contributed by atoms with Gasteiger partial charge >= 0.3 is 0 Å². The monoisotopic (exact) mass is 175 g/mol. The summed E-state index contributed by atoms with van der Waals surface area (Å²) in [5.41, 5.74) is 7.92. The molecule has 0 saturated heterocycles. The molecular formula is C12H17N. The van der Waals surface area contributed by atoms with Gasteiger partial charge in [0.15, 0.2) is 0 Å². The number of benzene rings is 1. The van der Waals surface area contributed by atoms with Crippen LogP contribution < -0.4 is 5.73 Å². The highest BCUT2D eigenvalue weighted by atomic mass is 14.7. The molecule has 2 N–H and O–H groups in total. The molecule has 0 heterocycles. The fourth-order valence-corrected chi connectivity index (χ4v) is 2.03. The SMILES string of the molecule is CC1(C)CC1C(N)c1ccccc1. The Hall–Kier alpha value is -0.820. The van der Waals surface area contributed by atoms with Crippen molar-refractivity contribution >= 4 is 0 Å². The van der Waals surface area contributed by atoms with Gasteiger partial charge in [-0.05, 0) is 23.3 Å². The van der Waals surface area contributed by atoms with Gasteiger partial charge in [0.1, 0.15) is 0 Å². The molecule has 1 aromatic carbocycles. The van der Waals surface area contributed by atoms with Crippen LogP contribution in [0.5, 0.6) is 0 Å². The Labute approximate surface area is 80.0 Å². The minimum Gasteiger partial charge on any atom is -0.324 e. The highest BCUT2D eigenvalue weighted by Crippen LogP contribution is 2.56. The first-order chi connectivity index (χ1) is 6.11. The predicted octanol–water partition coefficient (Wildman–Crippen LogP) is 2.73. The van der Waals surface area contributed by atoms with Gasteiger partial charge in [0.25, 0.3) is 0 Å². The third-order valence-electron chi connectivity index (χ3n) is 3.21. The second-order valence-electron chi connectivity index (χ2n) is 4.74. The molecule has 0 radical (unpaired) electrons. The van der Waals surface area contributed by atoms with Gasteiger partial charge in [0.2, 0.25) is 0 Å². The summed E-state index contributed by atoms with van der Waals surface area (Å²) >= 11 is 0. The molecule has 1 nitrogen and oxygen atoms in total. The Balaban J connectivity index is 2.12. The molecule has 13 heavy (non-hydrogen) atoms. The maximum atomic E-state index is 6.18. The Kier molecular flexibility index (Phi) is 1.92. The van der Waals surface area contributed by atoms with E-state index in [1.54, 1.807) is 0 Å². The molecule has 0 aliphatic heterocycles.